The van der Waals surface area contributed by atoms with E-state index >= 15 is 0 Å². The van der Waals surface area contributed by atoms with Gasteiger partial charge < -0.3 is 5.32 Å². The van der Waals surface area contributed by atoms with E-state index in [0.29, 0.717) is 17.3 Å². The molecule has 1 aliphatic heterocycles. The van der Waals surface area contributed by atoms with E-state index in [9.17, 15) is 0 Å². The fourth-order valence-electron chi connectivity index (χ4n) is 2.13. The van der Waals surface area contributed by atoms with Crippen LogP contribution in [-0.4, -0.2) is 47.0 Å². The molecule has 0 saturated heterocycles. The Balaban J connectivity index is 2.23. The van der Waals surface area contributed by atoms with Gasteiger partial charge in [0.25, 0.3) is 0 Å². The van der Waals surface area contributed by atoms with Crippen LogP contribution < -0.4 is 5.32 Å². The Labute approximate surface area is 110 Å². The summed E-state index contributed by atoms with van der Waals surface area (Å²) in [6, 6.07) is 1.22. The standard InChI is InChI=1S/C13H27N3S/c1-6-12-9-15-13(17-12)14-7-8-16(10(2)3)11(4)5/h10-12H,6-9H2,1-5H3,(H,14,15). The maximum atomic E-state index is 4.52. The van der Waals surface area contributed by atoms with Crippen LogP contribution in [0.25, 0.3) is 0 Å². The molecule has 0 spiro atoms. The molecule has 0 aliphatic carbocycles. The van der Waals surface area contributed by atoms with Gasteiger partial charge in [-0.15, -0.1) is 0 Å². The molecule has 17 heavy (non-hydrogen) atoms. The van der Waals surface area contributed by atoms with Crippen molar-refractivity contribution in [3.8, 4) is 0 Å². The number of amidine groups is 1. The largest absolute Gasteiger partial charge is 0.364 e. The van der Waals surface area contributed by atoms with Crippen LogP contribution in [0, 0.1) is 0 Å². The van der Waals surface area contributed by atoms with Crippen molar-refractivity contribution in [2.45, 2.75) is 58.4 Å². The average Bonchev–Trinajstić information content (AvgIpc) is 2.71. The Hall–Kier alpha value is -0.220. The molecule has 1 atom stereocenters. The quantitative estimate of drug-likeness (QED) is 0.792. The molecule has 1 N–H and O–H groups in total. The van der Waals surface area contributed by atoms with Gasteiger partial charge in [0, 0.05) is 30.4 Å². The van der Waals surface area contributed by atoms with Crippen LogP contribution in [0.2, 0.25) is 0 Å². The molecule has 0 fully saturated rings. The van der Waals surface area contributed by atoms with Crippen molar-refractivity contribution in [3.63, 3.8) is 0 Å². The Morgan fingerprint density at radius 2 is 2.00 bits per heavy atom. The number of aliphatic imine (C=N–C) groups is 1. The third kappa shape index (κ3) is 4.88. The average molecular weight is 257 g/mol. The molecule has 0 aromatic heterocycles. The molecule has 3 nitrogen and oxygen atoms in total. The SMILES string of the molecule is CCC1CN=C(NCCN(C(C)C)C(C)C)S1. The van der Waals surface area contributed by atoms with Gasteiger partial charge in [-0.3, -0.25) is 9.89 Å². The zero-order valence-corrected chi connectivity index (χ0v) is 12.7. The maximum absolute atomic E-state index is 4.52. The molecule has 1 unspecified atom stereocenters. The lowest BCUT2D eigenvalue weighted by Gasteiger charge is -2.30. The summed E-state index contributed by atoms with van der Waals surface area (Å²) >= 11 is 1.90. The van der Waals surface area contributed by atoms with Gasteiger partial charge in [-0.25, -0.2) is 0 Å². The first-order chi connectivity index (χ1) is 8.04. The Morgan fingerprint density at radius 1 is 1.35 bits per heavy atom. The minimum atomic E-state index is 0.610. The van der Waals surface area contributed by atoms with Gasteiger partial charge in [-0.1, -0.05) is 18.7 Å². The van der Waals surface area contributed by atoms with Gasteiger partial charge in [-0.05, 0) is 34.1 Å². The van der Waals surface area contributed by atoms with Crippen LogP contribution >= 0.6 is 11.8 Å². The molecular weight excluding hydrogens is 230 g/mol. The number of hydrogen-bond acceptors (Lipinski definition) is 4. The summed E-state index contributed by atoms with van der Waals surface area (Å²) < 4.78 is 0. The number of nitrogens with one attached hydrogen (secondary N) is 1. The van der Waals surface area contributed by atoms with Crippen molar-refractivity contribution >= 4 is 16.9 Å². The molecule has 4 heteroatoms. The van der Waals surface area contributed by atoms with Crippen LogP contribution in [0.4, 0.5) is 0 Å². The first-order valence-electron chi connectivity index (χ1n) is 6.75. The molecule has 0 saturated carbocycles. The van der Waals surface area contributed by atoms with Crippen LogP contribution in [0.15, 0.2) is 4.99 Å². The van der Waals surface area contributed by atoms with Crippen molar-refractivity contribution in [1.29, 1.82) is 0 Å². The van der Waals surface area contributed by atoms with E-state index in [0.717, 1.165) is 24.8 Å². The molecule has 0 aromatic carbocycles. The molecule has 0 aromatic rings. The minimum Gasteiger partial charge on any atom is -0.364 e. The third-order valence-electron chi connectivity index (χ3n) is 3.14. The highest BCUT2D eigenvalue weighted by Gasteiger charge is 2.18. The van der Waals surface area contributed by atoms with Crippen molar-refractivity contribution < 1.29 is 0 Å². The zero-order chi connectivity index (χ0) is 12.8. The highest BCUT2D eigenvalue weighted by atomic mass is 32.2. The summed E-state index contributed by atoms with van der Waals surface area (Å²) in [5.74, 6) is 0. The summed E-state index contributed by atoms with van der Waals surface area (Å²) in [7, 11) is 0. The Bertz CT molecular complexity index is 243. The molecule has 1 aliphatic rings. The van der Waals surface area contributed by atoms with Crippen LogP contribution in [0.3, 0.4) is 0 Å². The van der Waals surface area contributed by atoms with Crippen molar-refractivity contribution in [2.75, 3.05) is 19.6 Å². The van der Waals surface area contributed by atoms with Crippen LogP contribution in [-0.2, 0) is 0 Å². The lowest BCUT2D eigenvalue weighted by molar-refractivity contribution is 0.178. The molecule has 0 bridgehead atoms. The normalized spacial score (nSPS) is 20.5. The number of nitrogens with zero attached hydrogens (tertiary/aromatic N) is 2. The lowest BCUT2D eigenvalue weighted by atomic mass is 10.2. The molecular formula is C13H27N3S. The van der Waals surface area contributed by atoms with E-state index in [1.54, 1.807) is 0 Å². The molecule has 0 amide bonds. The maximum Gasteiger partial charge on any atom is 0.156 e. The van der Waals surface area contributed by atoms with Crippen LogP contribution in [0.1, 0.15) is 41.0 Å². The summed E-state index contributed by atoms with van der Waals surface area (Å²) in [5, 5.41) is 5.30. The van der Waals surface area contributed by atoms with E-state index in [-0.39, 0.29) is 0 Å². The Kier molecular flexibility index (Phi) is 6.34. The zero-order valence-electron chi connectivity index (χ0n) is 11.9. The lowest BCUT2D eigenvalue weighted by Crippen LogP contribution is -2.42. The smallest absolute Gasteiger partial charge is 0.156 e. The highest BCUT2D eigenvalue weighted by Crippen LogP contribution is 2.21. The van der Waals surface area contributed by atoms with E-state index in [1.165, 1.54) is 6.42 Å². The van der Waals surface area contributed by atoms with Gasteiger partial charge in [0.2, 0.25) is 0 Å². The topological polar surface area (TPSA) is 27.6 Å². The second kappa shape index (κ2) is 7.27. The molecule has 100 valence electrons. The van der Waals surface area contributed by atoms with E-state index in [1.807, 2.05) is 11.8 Å². The van der Waals surface area contributed by atoms with Gasteiger partial charge in [-0.2, -0.15) is 0 Å². The van der Waals surface area contributed by atoms with Crippen molar-refractivity contribution in [1.82, 2.24) is 10.2 Å². The first-order valence-corrected chi connectivity index (χ1v) is 7.63. The molecule has 1 rings (SSSR count). The summed E-state index contributed by atoms with van der Waals surface area (Å²) in [6.07, 6.45) is 1.21. The van der Waals surface area contributed by atoms with E-state index in [4.69, 9.17) is 0 Å². The number of rotatable bonds is 6. The van der Waals surface area contributed by atoms with Gasteiger partial charge >= 0.3 is 0 Å². The molecule has 1 heterocycles. The third-order valence-corrected chi connectivity index (χ3v) is 4.46. The Morgan fingerprint density at radius 3 is 2.47 bits per heavy atom. The number of hydrogen-bond donors (Lipinski definition) is 1. The summed E-state index contributed by atoms with van der Waals surface area (Å²) in [5.41, 5.74) is 0. The van der Waals surface area contributed by atoms with Crippen molar-refractivity contribution in [3.05, 3.63) is 0 Å². The van der Waals surface area contributed by atoms with Crippen LogP contribution in [0.5, 0.6) is 0 Å². The van der Waals surface area contributed by atoms with Gasteiger partial charge in [0.15, 0.2) is 5.17 Å². The van der Waals surface area contributed by atoms with Crippen molar-refractivity contribution in [2.24, 2.45) is 4.99 Å². The predicted octanol–water partition coefficient (Wildman–Crippen LogP) is 2.58. The fraction of sp³-hybridized carbons (Fsp3) is 0.923. The minimum absolute atomic E-state index is 0.610. The second-order valence-electron chi connectivity index (χ2n) is 5.15. The van der Waals surface area contributed by atoms with E-state index < -0.39 is 0 Å². The number of thioether (sulfide) groups is 1. The fourth-order valence-corrected chi connectivity index (χ4v) is 3.10. The van der Waals surface area contributed by atoms with Gasteiger partial charge in [0.1, 0.15) is 0 Å². The van der Waals surface area contributed by atoms with E-state index in [2.05, 4.69) is 49.8 Å². The van der Waals surface area contributed by atoms with Gasteiger partial charge in [0.05, 0.1) is 6.54 Å². The first kappa shape index (κ1) is 14.8. The summed E-state index contributed by atoms with van der Waals surface area (Å²) in [6.45, 7) is 14.3. The summed E-state index contributed by atoms with van der Waals surface area (Å²) in [4.78, 5) is 7.03. The predicted molar refractivity (Wildman–Crippen MR) is 79.0 cm³/mol. The molecule has 0 radical (unpaired) electrons. The monoisotopic (exact) mass is 257 g/mol. The highest BCUT2D eigenvalue weighted by molar-refractivity contribution is 8.14. The second-order valence-corrected chi connectivity index (χ2v) is 6.44.